The molecule has 0 spiro atoms. The number of carbonyl (C=O) groups is 4. The monoisotopic (exact) mass is 1540 g/mol. The Morgan fingerprint density at radius 2 is 0.463 bits per heavy atom. The maximum Gasteiger partial charge on any atom is 0.472 e. The normalized spacial score (nSPS) is 14.9. The number of aliphatic hydroxyl groups is 1. The quantitative estimate of drug-likeness (QED) is 0.0169. The lowest BCUT2D eigenvalue weighted by Crippen LogP contribution is -2.30. The van der Waals surface area contributed by atoms with Crippen molar-refractivity contribution in [1.82, 2.24) is 0 Å². The molecule has 608 valence electrons. The molecule has 17 nitrogen and oxygen atoms in total. The molecule has 0 saturated heterocycles. The average molecular weight is 1540 g/mol. The van der Waals surface area contributed by atoms with E-state index in [1.54, 1.807) is 0 Å². The maximum atomic E-state index is 13.1. The van der Waals surface area contributed by atoms with Crippen molar-refractivity contribution in [3.63, 3.8) is 0 Å². The Balaban J connectivity index is 5.52. The van der Waals surface area contributed by atoms with E-state index in [-0.39, 0.29) is 25.7 Å². The second kappa shape index (κ2) is 78.8. The molecule has 108 heavy (non-hydrogen) atoms. The Bertz CT molecular complexity index is 2860. The zero-order valence-corrected chi connectivity index (χ0v) is 68.2. The highest BCUT2D eigenvalue weighted by Crippen LogP contribution is 2.45. The molecule has 0 fully saturated rings. The van der Waals surface area contributed by atoms with Gasteiger partial charge in [0.1, 0.15) is 19.3 Å². The molecule has 0 bridgehead atoms. The first-order valence-corrected chi connectivity index (χ1v) is 43.3. The number of aliphatic hydroxyl groups excluding tert-OH is 1. The van der Waals surface area contributed by atoms with Gasteiger partial charge in [-0.1, -0.05) is 279 Å². The number of hydrogen-bond donors (Lipinski definition) is 3. The lowest BCUT2D eigenvalue weighted by molar-refractivity contribution is -0.161. The third-order valence-corrected chi connectivity index (χ3v) is 17.6. The van der Waals surface area contributed by atoms with Gasteiger partial charge in [-0.3, -0.25) is 37.3 Å². The second-order valence-electron chi connectivity index (χ2n) is 25.8. The van der Waals surface area contributed by atoms with Crippen LogP contribution in [-0.2, 0) is 65.4 Å². The third kappa shape index (κ3) is 77.8. The predicted octanol–water partition coefficient (Wildman–Crippen LogP) is 23.9. The SMILES string of the molecule is CC/C=C\C/C=C\C/C=C\C/C=C\C/C=C\CCCC(=O)OCC(COP(=O)(O)OCC(O)COP(=O)(O)OCC(COC(=O)CCCCCCCC/C=C\C/C=C\C/C=C\C/C=C\CC)OC(=O)CCC/C=C\C/C=C\C/C=C\C/C=C\C/C=C\CC)OC(=O)CCCCCCC/C=C\C/C=C\C/C=C\CC. The van der Waals surface area contributed by atoms with Gasteiger partial charge in [-0.2, -0.15) is 0 Å². The molecule has 19 heteroatoms. The number of allylic oxidation sites excluding steroid dienone is 34. The first-order chi connectivity index (χ1) is 52.7. The van der Waals surface area contributed by atoms with E-state index in [2.05, 4.69) is 210 Å². The van der Waals surface area contributed by atoms with E-state index in [1.165, 1.54) is 0 Å². The number of carbonyl (C=O) groups excluding carboxylic acids is 4. The smallest absolute Gasteiger partial charge is 0.462 e. The molecule has 0 aromatic heterocycles. The van der Waals surface area contributed by atoms with Crippen LogP contribution < -0.4 is 0 Å². The minimum atomic E-state index is -5.02. The third-order valence-electron chi connectivity index (χ3n) is 15.7. The van der Waals surface area contributed by atoms with E-state index in [0.29, 0.717) is 38.5 Å². The highest BCUT2D eigenvalue weighted by molar-refractivity contribution is 7.47. The summed E-state index contributed by atoms with van der Waals surface area (Å²) in [7, 11) is -10.0. The molecule has 0 aliphatic carbocycles. The maximum absolute atomic E-state index is 13.1. The van der Waals surface area contributed by atoms with Crippen LogP contribution in [0.25, 0.3) is 0 Å². The summed E-state index contributed by atoms with van der Waals surface area (Å²) >= 11 is 0. The molecule has 3 N–H and O–H groups in total. The van der Waals surface area contributed by atoms with Crippen LogP contribution in [0.5, 0.6) is 0 Å². The van der Waals surface area contributed by atoms with Crippen molar-refractivity contribution in [2.75, 3.05) is 39.6 Å². The number of hydrogen-bond acceptors (Lipinski definition) is 15. The minimum Gasteiger partial charge on any atom is -0.462 e. The molecule has 0 aliphatic heterocycles. The number of phosphoric ester groups is 2. The molecule has 0 aliphatic rings. The van der Waals surface area contributed by atoms with Crippen LogP contribution >= 0.6 is 15.6 Å². The van der Waals surface area contributed by atoms with E-state index in [4.69, 9.17) is 37.0 Å². The van der Waals surface area contributed by atoms with Gasteiger partial charge >= 0.3 is 39.5 Å². The summed E-state index contributed by atoms with van der Waals surface area (Å²) in [6.45, 7) is 4.22. The zero-order chi connectivity index (χ0) is 78.9. The van der Waals surface area contributed by atoms with Crippen molar-refractivity contribution < 1.29 is 80.2 Å². The number of unbranched alkanes of at least 4 members (excludes halogenated alkanes) is 13. The van der Waals surface area contributed by atoms with Crippen LogP contribution in [0.15, 0.2) is 207 Å². The summed E-state index contributed by atoms with van der Waals surface area (Å²) in [5, 5.41) is 10.7. The van der Waals surface area contributed by atoms with Crippen LogP contribution in [0.1, 0.15) is 272 Å². The first kappa shape index (κ1) is 102. The molecule has 0 aromatic rings. The molecule has 0 aromatic carbocycles. The van der Waals surface area contributed by atoms with Crippen LogP contribution in [0, 0.1) is 0 Å². The largest absolute Gasteiger partial charge is 0.472 e. The minimum absolute atomic E-state index is 0.00285. The van der Waals surface area contributed by atoms with Gasteiger partial charge in [0.2, 0.25) is 0 Å². The molecule has 0 saturated carbocycles. The van der Waals surface area contributed by atoms with Gasteiger partial charge in [-0.25, -0.2) is 9.13 Å². The summed E-state index contributed by atoms with van der Waals surface area (Å²) in [6.07, 6.45) is 98.2. The van der Waals surface area contributed by atoms with E-state index in [1.807, 2.05) is 24.3 Å². The van der Waals surface area contributed by atoms with Gasteiger partial charge in [0.05, 0.1) is 26.4 Å². The number of phosphoric acid groups is 2. The lowest BCUT2D eigenvalue weighted by atomic mass is 10.1. The number of rotatable bonds is 73. The highest BCUT2D eigenvalue weighted by atomic mass is 31.2. The Kier molecular flexibility index (Phi) is 74.1. The van der Waals surface area contributed by atoms with Crippen LogP contribution in [0.2, 0.25) is 0 Å². The predicted molar refractivity (Wildman–Crippen MR) is 445 cm³/mol. The van der Waals surface area contributed by atoms with Crippen molar-refractivity contribution in [2.45, 2.75) is 290 Å². The fourth-order valence-corrected chi connectivity index (χ4v) is 11.3. The van der Waals surface area contributed by atoms with Crippen molar-refractivity contribution in [3.05, 3.63) is 207 Å². The zero-order valence-electron chi connectivity index (χ0n) is 66.4. The molecular weight excluding hydrogens is 1400 g/mol. The molecular formula is C89H140O17P2. The van der Waals surface area contributed by atoms with Crippen LogP contribution in [0.3, 0.4) is 0 Å². The van der Waals surface area contributed by atoms with Crippen molar-refractivity contribution >= 4 is 39.5 Å². The topological polar surface area (TPSA) is 237 Å². The Labute approximate surface area is 652 Å². The fourth-order valence-electron chi connectivity index (χ4n) is 9.77. The van der Waals surface area contributed by atoms with Gasteiger partial charge < -0.3 is 33.8 Å². The molecule has 0 rings (SSSR count). The van der Waals surface area contributed by atoms with Gasteiger partial charge in [0.15, 0.2) is 12.2 Å². The highest BCUT2D eigenvalue weighted by Gasteiger charge is 2.30. The molecule has 0 amide bonds. The van der Waals surface area contributed by atoms with Crippen molar-refractivity contribution in [3.8, 4) is 0 Å². The van der Waals surface area contributed by atoms with Crippen LogP contribution in [0.4, 0.5) is 0 Å². The van der Waals surface area contributed by atoms with Gasteiger partial charge in [-0.15, -0.1) is 0 Å². The molecule has 0 radical (unpaired) electrons. The summed E-state index contributed by atoms with van der Waals surface area (Å²) in [6, 6.07) is 0. The van der Waals surface area contributed by atoms with Gasteiger partial charge in [0, 0.05) is 25.7 Å². The summed E-state index contributed by atoms with van der Waals surface area (Å²) < 4.78 is 68.5. The van der Waals surface area contributed by atoms with E-state index in [9.17, 15) is 43.2 Å². The summed E-state index contributed by atoms with van der Waals surface area (Å²) in [5.41, 5.74) is 0. The first-order valence-electron chi connectivity index (χ1n) is 40.3. The average Bonchev–Trinajstić information content (AvgIpc) is 0.906. The molecule has 5 atom stereocenters. The summed E-state index contributed by atoms with van der Waals surface area (Å²) in [5.74, 6) is -2.37. The molecule has 0 heterocycles. The van der Waals surface area contributed by atoms with Gasteiger partial charge in [0.25, 0.3) is 0 Å². The Morgan fingerprint density at radius 3 is 0.741 bits per heavy atom. The van der Waals surface area contributed by atoms with E-state index >= 15 is 0 Å². The molecule has 5 unspecified atom stereocenters. The standard InChI is InChI=1S/C89H140O17P2/c1-5-9-13-17-21-25-29-33-37-40-41-44-47-50-54-58-62-66-70-74-87(92)100-80-85(106-89(94)76-72-68-64-60-56-52-48-43-39-35-31-27-23-19-15-11-7-3)82-104-108(97,98)102-78-83(90)77-101-107(95,96)103-81-84(105-88(93)75-71-67-63-59-55-51-45-36-32-28-24-20-16-12-8-4)79-99-86(91)73-69-65-61-57-53-49-46-42-38-34-30-26-22-18-14-10-6-2/h9-16,21-28,33-39,41,44-46,48-49,52,57,60-61,64,83-85,90H,5-8,17-20,29-32,40,42-43,47,50-51,53-56,58-59,62-63,65-82H2,1-4H3,(H,95,96)(H,97,98)/b13-9-,14-10-,15-11-,16-12-,25-21-,26-22-,27-23-,28-24-,37-33-,38-34-,39-35-,44-41-,45-36-,49-46-,52-48-,61-57-,64-60-. The van der Waals surface area contributed by atoms with Crippen LogP contribution in [-0.4, -0.2) is 96.7 Å². The lowest BCUT2D eigenvalue weighted by Gasteiger charge is -2.21. The van der Waals surface area contributed by atoms with Crippen molar-refractivity contribution in [2.24, 2.45) is 0 Å². The number of esters is 4. The Morgan fingerprint density at radius 1 is 0.259 bits per heavy atom. The Hall–Kier alpha value is -6.36. The van der Waals surface area contributed by atoms with Gasteiger partial charge in [-0.05, 0) is 173 Å². The van der Waals surface area contributed by atoms with E-state index < -0.39 is 97.5 Å². The fraction of sp³-hybridized carbons (Fsp3) is 0.573. The summed E-state index contributed by atoms with van der Waals surface area (Å²) in [4.78, 5) is 73.1. The van der Waals surface area contributed by atoms with E-state index in [0.717, 1.165) is 180 Å². The van der Waals surface area contributed by atoms with Crippen molar-refractivity contribution in [1.29, 1.82) is 0 Å². The number of ether oxygens (including phenoxy) is 4. The second-order valence-corrected chi connectivity index (χ2v) is 28.7.